The number of carbonyl (C=O) groups excluding carboxylic acids is 1. The van der Waals surface area contributed by atoms with Gasteiger partial charge in [0.2, 0.25) is 5.91 Å². The minimum absolute atomic E-state index is 0.00698. The van der Waals surface area contributed by atoms with Crippen LogP contribution in [0, 0.1) is 6.92 Å². The molecule has 0 saturated carbocycles. The molecule has 0 radical (unpaired) electrons. The Morgan fingerprint density at radius 2 is 1.76 bits per heavy atom. The van der Waals surface area contributed by atoms with Crippen LogP contribution in [0.4, 0.5) is 11.4 Å². The van der Waals surface area contributed by atoms with Crippen molar-refractivity contribution < 1.29 is 23.1 Å². The number of carboxylic acids is 1. The van der Waals surface area contributed by atoms with E-state index >= 15 is 0 Å². The van der Waals surface area contributed by atoms with Gasteiger partial charge in [0.1, 0.15) is 0 Å². The van der Waals surface area contributed by atoms with Gasteiger partial charge in [-0.25, -0.2) is 13.2 Å². The molecule has 1 fully saturated rings. The normalized spacial score (nSPS) is 14.7. The number of nitrogens with one attached hydrogen (secondary N) is 2. The summed E-state index contributed by atoms with van der Waals surface area (Å²) in [7, 11) is -3.92. The maximum Gasteiger partial charge on any atom is 0.335 e. The number of sulfonamides is 1. The van der Waals surface area contributed by atoms with Gasteiger partial charge in [0.25, 0.3) is 10.0 Å². The molecule has 2 aromatic rings. The molecule has 3 rings (SSSR count). The summed E-state index contributed by atoms with van der Waals surface area (Å²) in [4.78, 5) is 27.7. The second-order valence-electron chi connectivity index (χ2n) is 8.02. The lowest BCUT2D eigenvalue weighted by atomic mass is 10.1. The Labute approximate surface area is 194 Å². The van der Waals surface area contributed by atoms with Crippen LogP contribution < -0.4 is 14.9 Å². The van der Waals surface area contributed by atoms with Gasteiger partial charge in [0.15, 0.2) is 0 Å². The van der Waals surface area contributed by atoms with Gasteiger partial charge in [-0.3, -0.25) is 14.4 Å². The maximum atomic E-state index is 13.1. The number of anilines is 2. The first-order chi connectivity index (χ1) is 15.7. The van der Waals surface area contributed by atoms with Gasteiger partial charge in [0.05, 0.1) is 28.4 Å². The predicted octanol–water partition coefficient (Wildman–Crippen LogP) is 2.14. The molecule has 0 aliphatic carbocycles. The number of aryl methyl sites for hydroxylation is 1. The molecule has 1 heterocycles. The number of hydrogen-bond donors (Lipinski definition) is 3. The molecule has 1 aliphatic rings. The molecular weight excluding hydrogens is 444 g/mol. The van der Waals surface area contributed by atoms with Crippen molar-refractivity contribution in [2.75, 3.05) is 48.9 Å². The largest absolute Gasteiger partial charge is 0.478 e. The molecule has 9 nitrogen and oxygen atoms in total. The summed E-state index contributed by atoms with van der Waals surface area (Å²) < 4.78 is 28.7. The second-order valence-corrected chi connectivity index (χ2v) is 9.67. The Bertz CT molecular complexity index is 1110. The molecule has 3 N–H and O–H groups in total. The average molecular weight is 475 g/mol. The first kappa shape index (κ1) is 24.5. The molecule has 178 valence electrons. The molecule has 10 heteroatoms. The van der Waals surface area contributed by atoms with Gasteiger partial charge in [-0.15, -0.1) is 0 Å². The van der Waals surface area contributed by atoms with Gasteiger partial charge in [-0.05, 0) is 43.2 Å². The Morgan fingerprint density at radius 1 is 1.06 bits per heavy atom. The van der Waals surface area contributed by atoms with Crippen LogP contribution in [-0.2, 0) is 14.8 Å². The third-order valence-corrected chi connectivity index (χ3v) is 7.05. The quantitative estimate of drug-likeness (QED) is 0.509. The van der Waals surface area contributed by atoms with E-state index in [0.29, 0.717) is 50.5 Å². The zero-order valence-corrected chi connectivity index (χ0v) is 19.7. The van der Waals surface area contributed by atoms with Crippen LogP contribution in [0.1, 0.15) is 29.3 Å². The van der Waals surface area contributed by atoms with Crippen molar-refractivity contribution in [2.24, 2.45) is 0 Å². The van der Waals surface area contributed by atoms with E-state index in [1.165, 1.54) is 18.2 Å². The summed E-state index contributed by atoms with van der Waals surface area (Å²) >= 11 is 0. The molecule has 0 atom stereocenters. The van der Waals surface area contributed by atoms with Gasteiger partial charge in [0, 0.05) is 32.7 Å². The third-order valence-electron chi connectivity index (χ3n) is 5.52. The van der Waals surface area contributed by atoms with E-state index in [4.69, 9.17) is 0 Å². The number of carboxylic acid groups (broad SMARTS) is 1. The highest BCUT2D eigenvalue weighted by Crippen LogP contribution is 2.31. The highest BCUT2D eigenvalue weighted by atomic mass is 32.2. The number of nitrogens with zero attached hydrogens (tertiary/aromatic N) is 2. The number of carbonyl (C=O) groups is 2. The van der Waals surface area contributed by atoms with Crippen LogP contribution in [-0.4, -0.2) is 69.6 Å². The monoisotopic (exact) mass is 474 g/mol. The first-order valence-electron chi connectivity index (χ1n) is 10.9. The lowest BCUT2D eigenvalue weighted by Crippen LogP contribution is -2.49. The first-order valence-corrected chi connectivity index (χ1v) is 12.4. The van der Waals surface area contributed by atoms with Gasteiger partial charge < -0.3 is 15.3 Å². The van der Waals surface area contributed by atoms with E-state index < -0.39 is 16.0 Å². The number of amides is 1. The zero-order valence-electron chi connectivity index (χ0n) is 18.9. The van der Waals surface area contributed by atoms with Crippen molar-refractivity contribution >= 4 is 33.3 Å². The molecule has 1 amide bonds. The third kappa shape index (κ3) is 6.23. The van der Waals surface area contributed by atoms with Crippen molar-refractivity contribution in [3.05, 3.63) is 53.6 Å². The van der Waals surface area contributed by atoms with E-state index in [2.05, 4.69) is 10.0 Å². The molecule has 0 spiro atoms. The van der Waals surface area contributed by atoms with Gasteiger partial charge >= 0.3 is 5.97 Å². The summed E-state index contributed by atoms with van der Waals surface area (Å²) in [6.45, 7) is 7.09. The van der Waals surface area contributed by atoms with Crippen molar-refractivity contribution in [1.82, 2.24) is 10.2 Å². The summed E-state index contributed by atoms with van der Waals surface area (Å²) in [6, 6.07) is 11.1. The van der Waals surface area contributed by atoms with E-state index in [1.54, 1.807) is 31.2 Å². The summed E-state index contributed by atoms with van der Waals surface area (Å²) in [5.41, 5.74) is 1.41. The number of hydrogen-bond acceptors (Lipinski definition) is 6. The Morgan fingerprint density at radius 3 is 2.39 bits per heavy atom. The maximum absolute atomic E-state index is 13.1. The van der Waals surface area contributed by atoms with Gasteiger partial charge in [-0.1, -0.05) is 25.1 Å². The minimum Gasteiger partial charge on any atom is -0.478 e. The Kier molecular flexibility index (Phi) is 7.93. The van der Waals surface area contributed by atoms with Crippen LogP contribution in [0.15, 0.2) is 47.4 Å². The smallest absolute Gasteiger partial charge is 0.335 e. The van der Waals surface area contributed by atoms with Crippen molar-refractivity contribution in [3.8, 4) is 0 Å². The van der Waals surface area contributed by atoms with E-state index in [-0.39, 0.29) is 22.1 Å². The van der Waals surface area contributed by atoms with E-state index in [0.717, 1.165) is 6.42 Å². The highest BCUT2D eigenvalue weighted by Gasteiger charge is 2.24. The summed E-state index contributed by atoms with van der Waals surface area (Å²) in [6.07, 6.45) is 0.882. The van der Waals surface area contributed by atoms with Crippen molar-refractivity contribution in [3.63, 3.8) is 0 Å². The number of aromatic carboxylic acids is 1. The summed E-state index contributed by atoms with van der Waals surface area (Å²) in [5, 5.41) is 12.3. The molecule has 0 unspecified atom stereocenters. The SMILES string of the molecule is CCCNC(=O)CN1CCN(c2ccc(C(=O)O)cc2NS(=O)(=O)c2ccccc2C)CC1. The van der Waals surface area contributed by atoms with Crippen molar-refractivity contribution in [1.29, 1.82) is 0 Å². The van der Waals surface area contributed by atoms with E-state index in [9.17, 15) is 23.1 Å². The van der Waals surface area contributed by atoms with Gasteiger partial charge in [-0.2, -0.15) is 0 Å². The number of benzene rings is 2. The highest BCUT2D eigenvalue weighted by molar-refractivity contribution is 7.92. The molecule has 0 aromatic heterocycles. The molecule has 2 aromatic carbocycles. The number of piperazine rings is 1. The molecule has 33 heavy (non-hydrogen) atoms. The standard InChI is InChI=1S/C23H30N4O5S/c1-3-10-24-22(28)16-26-11-13-27(14-12-26)20-9-8-18(23(29)30)15-19(20)25-33(31,32)21-7-5-4-6-17(21)2/h4-9,15,25H,3,10-14,16H2,1-2H3,(H,24,28)(H,29,30). The lowest BCUT2D eigenvalue weighted by molar-refractivity contribution is -0.122. The number of rotatable bonds is 9. The average Bonchev–Trinajstić information content (AvgIpc) is 2.78. The topological polar surface area (TPSA) is 119 Å². The van der Waals surface area contributed by atoms with Crippen LogP contribution >= 0.6 is 0 Å². The predicted molar refractivity (Wildman–Crippen MR) is 127 cm³/mol. The van der Waals surface area contributed by atoms with Crippen LogP contribution in [0.25, 0.3) is 0 Å². The van der Waals surface area contributed by atoms with Crippen LogP contribution in [0.5, 0.6) is 0 Å². The fourth-order valence-corrected chi connectivity index (χ4v) is 5.07. The van der Waals surface area contributed by atoms with Crippen molar-refractivity contribution in [2.45, 2.75) is 25.2 Å². The Hall–Kier alpha value is -3.11. The lowest BCUT2D eigenvalue weighted by Gasteiger charge is -2.36. The molecule has 1 aliphatic heterocycles. The van der Waals surface area contributed by atoms with Crippen LogP contribution in [0.2, 0.25) is 0 Å². The summed E-state index contributed by atoms with van der Waals surface area (Å²) in [5.74, 6) is -1.15. The fraction of sp³-hybridized carbons (Fsp3) is 0.391. The zero-order chi connectivity index (χ0) is 24.0. The molecular formula is C23H30N4O5S. The Balaban J connectivity index is 1.80. The molecule has 0 bridgehead atoms. The molecule has 1 saturated heterocycles. The second kappa shape index (κ2) is 10.7. The van der Waals surface area contributed by atoms with Crippen LogP contribution in [0.3, 0.4) is 0 Å². The minimum atomic E-state index is -3.92. The van der Waals surface area contributed by atoms with E-state index in [1.807, 2.05) is 16.7 Å². The fourth-order valence-electron chi connectivity index (χ4n) is 3.75.